The van der Waals surface area contributed by atoms with Crippen molar-refractivity contribution >= 4 is 23.6 Å². The van der Waals surface area contributed by atoms with Crippen LogP contribution >= 0.6 is 0 Å². The molecule has 0 aliphatic carbocycles. The molecule has 1 aliphatic heterocycles. The van der Waals surface area contributed by atoms with Crippen molar-refractivity contribution in [1.82, 2.24) is 4.98 Å². The van der Waals surface area contributed by atoms with Gasteiger partial charge in [-0.2, -0.15) is 0 Å². The number of carbonyl (C=O) groups excluding carboxylic acids is 2. The second kappa shape index (κ2) is 4.56. The first-order valence-electron chi connectivity index (χ1n) is 5.54. The quantitative estimate of drug-likeness (QED) is 0.791. The molecule has 6 heteroatoms. The lowest BCUT2D eigenvalue weighted by molar-refractivity contribution is -0.130. The van der Waals surface area contributed by atoms with Gasteiger partial charge < -0.3 is 5.11 Å². The maximum absolute atomic E-state index is 11.8. The van der Waals surface area contributed by atoms with Crippen LogP contribution in [0.25, 0.3) is 0 Å². The van der Waals surface area contributed by atoms with E-state index in [1.807, 2.05) is 6.92 Å². The normalized spacial score (nSPS) is 17.1. The lowest BCUT2D eigenvalue weighted by Crippen LogP contribution is -2.43. The highest BCUT2D eigenvalue weighted by Crippen LogP contribution is 2.23. The van der Waals surface area contributed by atoms with Gasteiger partial charge in [0.15, 0.2) is 0 Å². The molecular formula is C12H12N2O4. The summed E-state index contributed by atoms with van der Waals surface area (Å²) in [4.78, 5) is 39.1. The topological polar surface area (TPSA) is 87.6 Å². The molecule has 0 saturated carbocycles. The molecule has 6 nitrogen and oxygen atoms in total. The Morgan fingerprint density at radius 3 is 2.39 bits per heavy atom. The predicted octanol–water partition coefficient (Wildman–Crippen LogP) is 1.07. The monoisotopic (exact) mass is 248 g/mol. The molecule has 0 unspecified atom stereocenters. The summed E-state index contributed by atoms with van der Waals surface area (Å²) < 4.78 is 0. The maximum Gasteiger partial charge on any atom is 0.337 e. The van der Waals surface area contributed by atoms with Crippen LogP contribution in [0.4, 0.5) is 5.82 Å². The zero-order valence-corrected chi connectivity index (χ0v) is 9.79. The van der Waals surface area contributed by atoms with E-state index in [0.29, 0.717) is 12.8 Å². The fourth-order valence-electron chi connectivity index (χ4n) is 1.89. The second-order valence-electron chi connectivity index (χ2n) is 4.35. The van der Waals surface area contributed by atoms with Gasteiger partial charge >= 0.3 is 5.97 Å². The first kappa shape index (κ1) is 12.2. The first-order chi connectivity index (χ1) is 8.49. The highest BCUT2D eigenvalue weighted by atomic mass is 16.4. The summed E-state index contributed by atoms with van der Waals surface area (Å²) in [7, 11) is 0. The summed E-state index contributed by atoms with van der Waals surface area (Å²) in [5.74, 6) is -1.47. The van der Waals surface area contributed by atoms with E-state index in [4.69, 9.17) is 5.11 Å². The Bertz CT molecular complexity index is 491. The van der Waals surface area contributed by atoms with Gasteiger partial charge in [-0.3, -0.25) is 9.59 Å². The van der Waals surface area contributed by atoms with Crippen LogP contribution in [0, 0.1) is 5.92 Å². The number of carbonyl (C=O) groups is 3. The second-order valence-corrected chi connectivity index (χ2v) is 4.35. The minimum absolute atomic E-state index is 0.0176. The fraction of sp³-hybridized carbons (Fsp3) is 0.333. The molecule has 0 atom stereocenters. The van der Waals surface area contributed by atoms with E-state index < -0.39 is 5.97 Å². The van der Waals surface area contributed by atoms with E-state index >= 15 is 0 Å². The van der Waals surface area contributed by atoms with Gasteiger partial charge in [0, 0.05) is 19.0 Å². The molecule has 1 aliphatic rings. The molecule has 0 radical (unpaired) electrons. The van der Waals surface area contributed by atoms with E-state index in [0.717, 1.165) is 11.1 Å². The van der Waals surface area contributed by atoms with Crippen molar-refractivity contribution in [2.45, 2.75) is 19.8 Å². The smallest absolute Gasteiger partial charge is 0.337 e. The molecule has 0 spiro atoms. The van der Waals surface area contributed by atoms with Crippen LogP contribution < -0.4 is 4.90 Å². The summed E-state index contributed by atoms with van der Waals surface area (Å²) >= 11 is 0. The number of amides is 2. The number of hydrogen-bond acceptors (Lipinski definition) is 4. The Hall–Kier alpha value is -2.24. The summed E-state index contributed by atoms with van der Waals surface area (Å²) in [5.41, 5.74) is 0.0176. The first-order valence-corrected chi connectivity index (χ1v) is 5.54. The Morgan fingerprint density at radius 1 is 1.33 bits per heavy atom. The number of aromatic carboxylic acids is 1. The van der Waals surface area contributed by atoms with Crippen LogP contribution in [0.15, 0.2) is 18.3 Å². The van der Waals surface area contributed by atoms with Crippen LogP contribution in [0.3, 0.4) is 0 Å². The molecule has 2 heterocycles. The minimum Gasteiger partial charge on any atom is -0.478 e. The molecular weight excluding hydrogens is 236 g/mol. The van der Waals surface area contributed by atoms with Gasteiger partial charge in [0.25, 0.3) is 0 Å². The third-order valence-electron chi connectivity index (χ3n) is 2.77. The van der Waals surface area contributed by atoms with E-state index in [1.165, 1.54) is 12.1 Å². The largest absolute Gasteiger partial charge is 0.478 e. The summed E-state index contributed by atoms with van der Waals surface area (Å²) in [5, 5.41) is 8.74. The summed E-state index contributed by atoms with van der Waals surface area (Å²) in [6, 6.07) is 2.69. The van der Waals surface area contributed by atoms with E-state index in [2.05, 4.69) is 4.98 Å². The van der Waals surface area contributed by atoms with Crippen LogP contribution in [-0.4, -0.2) is 27.9 Å². The third kappa shape index (κ3) is 2.22. The number of nitrogens with zero attached hydrogens (tertiary/aromatic N) is 2. The van der Waals surface area contributed by atoms with E-state index in [1.54, 1.807) is 0 Å². The number of carboxylic acid groups (broad SMARTS) is 1. The molecule has 0 bridgehead atoms. The Kier molecular flexibility index (Phi) is 3.10. The molecule has 94 valence electrons. The standard InChI is InChI=1S/C12H12N2O4/c1-7-4-10(15)14(11(16)5-7)9-3-2-8(6-13-9)12(17)18/h2-3,6-7H,4-5H2,1H3,(H,17,18). The number of anilines is 1. The van der Waals surface area contributed by atoms with Gasteiger partial charge in [0.1, 0.15) is 5.82 Å². The number of hydrogen-bond donors (Lipinski definition) is 1. The van der Waals surface area contributed by atoms with Gasteiger partial charge in [-0.1, -0.05) is 6.92 Å². The molecule has 1 fully saturated rings. The maximum atomic E-state index is 11.8. The van der Waals surface area contributed by atoms with Crippen molar-refractivity contribution in [3.05, 3.63) is 23.9 Å². The highest BCUT2D eigenvalue weighted by Gasteiger charge is 2.32. The Balaban J connectivity index is 2.28. The minimum atomic E-state index is -1.10. The van der Waals surface area contributed by atoms with Gasteiger partial charge in [0.05, 0.1) is 5.56 Å². The molecule has 0 aromatic carbocycles. The van der Waals surface area contributed by atoms with Crippen molar-refractivity contribution in [1.29, 1.82) is 0 Å². The summed E-state index contributed by atoms with van der Waals surface area (Å²) in [6.07, 6.45) is 1.73. The predicted molar refractivity (Wildman–Crippen MR) is 62.1 cm³/mol. The van der Waals surface area contributed by atoms with E-state index in [-0.39, 0.29) is 29.1 Å². The van der Waals surface area contributed by atoms with Crippen LogP contribution in [0.1, 0.15) is 30.1 Å². The zero-order chi connectivity index (χ0) is 13.3. The average Bonchev–Trinajstić information content (AvgIpc) is 2.28. The molecule has 2 amide bonds. The molecule has 1 aromatic rings. The zero-order valence-electron chi connectivity index (χ0n) is 9.79. The van der Waals surface area contributed by atoms with E-state index in [9.17, 15) is 14.4 Å². The molecule has 1 saturated heterocycles. The van der Waals surface area contributed by atoms with Crippen molar-refractivity contribution in [3.63, 3.8) is 0 Å². The van der Waals surface area contributed by atoms with Crippen molar-refractivity contribution in [3.8, 4) is 0 Å². The van der Waals surface area contributed by atoms with Crippen molar-refractivity contribution in [2.24, 2.45) is 5.92 Å². The van der Waals surface area contributed by atoms with Gasteiger partial charge in [-0.25, -0.2) is 14.7 Å². The molecule has 2 rings (SSSR count). The van der Waals surface area contributed by atoms with Gasteiger partial charge in [0.2, 0.25) is 11.8 Å². The average molecular weight is 248 g/mol. The molecule has 1 aromatic heterocycles. The number of rotatable bonds is 2. The number of aromatic nitrogens is 1. The molecule has 1 N–H and O–H groups in total. The number of pyridine rings is 1. The van der Waals surface area contributed by atoms with Crippen LogP contribution in [0.5, 0.6) is 0 Å². The lowest BCUT2D eigenvalue weighted by Gasteiger charge is -2.27. The van der Waals surface area contributed by atoms with Crippen LogP contribution in [0.2, 0.25) is 0 Å². The third-order valence-corrected chi connectivity index (χ3v) is 2.77. The van der Waals surface area contributed by atoms with Crippen molar-refractivity contribution in [2.75, 3.05) is 4.90 Å². The Morgan fingerprint density at radius 2 is 1.94 bits per heavy atom. The van der Waals surface area contributed by atoms with Gasteiger partial charge in [-0.05, 0) is 18.1 Å². The SMILES string of the molecule is CC1CC(=O)N(c2ccc(C(=O)O)cn2)C(=O)C1. The molecule has 18 heavy (non-hydrogen) atoms. The summed E-state index contributed by atoms with van der Waals surface area (Å²) in [6.45, 7) is 1.84. The van der Waals surface area contributed by atoms with Crippen LogP contribution in [-0.2, 0) is 9.59 Å². The van der Waals surface area contributed by atoms with Crippen molar-refractivity contribution < 1.29 is 19.5 Å². The number of piperidine rings is 1. The fourth-order valence-corrected chi connectivity index (χ4v) is 1.89. The lowest BCUT2D eigenvalue weighted by atomic mass is 9.98. The number of imide groups is 1. The van der Waals surface area contributed by atoms with Gasteiger partial charge in [-0.15, -0.1) is 0 Å². The number of carboxylic acids is 1. The highest BCUT2D eigenvalue weighted by molar-refractivity contribution is 6.16. The Labute approximate surface area is 103 Å².